The normalized spacial score (nSPS) is 12.1. The van der Waals surface area contributed by atoms with Crippen LogP contribution in [0.25, 0.3) is 11.1 Å². The van der Waals surface area contributed by atoms with Gasteiger partial charge in [-0.15, -0.1) is 6.58 Å². The van der Waals surface area contributed by atoms with Crippen molar-refractivity contribution in [2.45, 2.75) is 19.3 Å². The zero-order valence-electron chi connectivity index (χ0n) is 10.6. The maximum Gasteiger partial charge on any atom is 0.115 e. The van der Waals surface area contributed by atoms with Crippen molar-refractivity contribution in [3.05, 3.63) is 66.7 Å². The molecule has 1 nitrogen and oxygen atoms in total. The molecule has 0 fully saturated rings. The van der Waals surface area contributed by atoms with Gasteiger partial charge in [0.05, 0.1) is 0 Å². The van der Waals surface area contributed by atoms with Crippen LogP contribution in [0.3, 0.4) is 0 Å². The van der Waals surface area contributed by atoms with Crippen molar-refractivity contribution < 1.29 is 5.11 Å². The Morgan fingerprint density at radius 2 is 1.50 bits per heavy atom. The summed E-state index contributed by atoms with van der Waals surface area (Å²) in [5.74, 6) is 0.811. The van der Waals surface area contributed by atoms with Crippen molar-refractivity contribution in [1.82, 2.24) is 0 Å². The fourth-order valence-electron chi connectivity index (χ4n) is 2.04. The van der Waals surface area contributed by atoms with Gasteiger partial charge in [0.2, 0.25) is 0 Å². The lowest BCUT2D eigenvalue weighted by atomic mass is 9.95. The van der Waals surface area contributed by atoms with Crippen LogP contribution >= 0.6 is 0 Å². The van der Waals surface area contributed by atoms with Crippen LogP contribution < -0.4 is 0 Å². The van der Waals surface area contributed by atoms with Crippen LogP contribution in [0.15, 0.2) is 61.2 Å². The minimum Gasteiger partial charge on any atom is -0.508 e. The highest BCUT2D eigenvalue weighted by Crippen LogP contribution is 2.25. The van der Waals surface area contributed by atoms with E-state index >= 15 is 0 Å². The van der Waals surface area contributed by atoms with Crippen LogP contribution in [-0.4, -0.2) is 5.11 Å². The third-order valence-electron chi connectivity index (χ3n) is 3.20. The topological polar surface area (TPSA) is 20.2 Å². The predicted octanol–water partition coefficient (Wildman–Crippen LogP) is 4.74. The van der Waals surface area contributed by atoms with Gasteiger partial charge in [-0.3, -0.25) is 0 Å². The molecule has 1 atom stereocenters. The highest BCUT2D eigenvalue weighted by Gasteiger charge is 2.04. The second-order valence-electron chi connectivity index (χ2n) is 4.59. The molecule has 0 radical (unpaired) electrons. The number of aromatic hydroxyl groups is 1. The van der Waals surface area contributed by atoms with Gasteiger partial charge in [-0.25, -0.2) is 0 Å². The number of benzene rings is 2. The molecule has 0 spiro atoms. The molecule has 1 N–H and O–H groups in total. The molecule has 0 aliphatic heterocycles. The van der Waals surface area contributed by atoms with Crippen molar-refractivity contribution in [3.63, 3.8) is 0 Å². The first-order valence-electron chi connectivity index (χ1n) is 6.21. The number of phenols is 1. The molecule has 1 unspecified atom stereocenters. The zero-order valence-corrected chi connectivity index (χ0v) is 10.6. The molecule has 0 aliphatic carbocycles. The van der Waals surface area contributed by atoms with Crippen LogP contribution in [0.4, 0.5) is 0 Å². The second-order valence-corrected chi connectivity index (χ2v) is 4.59. The Balaban J connectivity index is 2.21. The Kier molecular flexibility index (Phi) is 3.83. The highest BCUT2D eigenvalue weighted by molar-refractivity contribution is 5.64. The lowest BCUT2D eigenvalue weighted by Gasteiger charge is -2.10. The summed E-state index contributed by atoms with van der Waals surface area (Å²) in [5, 5.41) is 9.27. The molecule has 2 aromatic carbocycles. The number of hydrogen-bond donors (Lipinski definition) is 1. The van der Waals surface area contributed by atoms with Crippen LogP contribution in [0.5, 0.6) is 5.75 Å². The van der Waals surface area contributed by atoms with Crippen LogP contribution in [0, 0.1) is 0 Å². The van der Waals surface area contributed by atoms with E-state index in [2.05, 4.69) is 37.8 Å². The second kappa shape index (κ2) is 5.54. The molecule has 2 rings (SSSR count). The van der Waals surface area contributed by atoms with E-state index in [4.69, 9.17) is 0 Å². The fraction of sp³-hybridized carbons (Fsp3) is 0.176. The molecule has 92 valence electrons. The molecular formula is C17H18O. The van der Waals surface area contributed by atoms with E-state index in [9.17, 15) is 5.11 Å². The number of phenolic OH excluding ortho intramolecular Hbond substituents is 1. The minimum atomic E-state index is 0.301. The van der Waals surface area contributed by atoms with Crippen molar-refractivity contribution in [1.29, 1.82) is 0 Å². The van der Waals surface area contributed by atoms with Crippen molar-refractivity contribution in [2.24, 2.45) is 0 Å². The van der Waals surface area contributed by atoms with Crippen molar-refractivity contribution in [2.75, 3.05) is 0 Å². The Bertz CT molecular complexity index is 508. The summed E-state index contributed by atoms with van der Waals surface area (Å²) in [6, 6.07) is 15.9. The van der Waals surface area contributed by atoms with E-state index in [-0.39, 0.29) is 0 Å². The van der Waals surface area contributed by atoms with Crippen LogP contribution in [0.2, 0.25) is 0 Å². The summed E-state index contributed by atoms with van der Waals surface area (Å²) in [6.07, 6.45) is 2.96. The molecule has 18 heavy (non-hydrogen) atoms. The third kappa shape index (κ3) is 2.80. The first-order chi connectivity index (χ1) is 8.70. The quantitative estimate of drug-likeness (QED) is 0.763. The van der Waals surface area contributed by atoms with Gasteiger partial charge in [0.1, 0.15) is 5.75 Å². The van der Waals surface area contributed by atoms with E-state index in [1.54, 1.807) is 12.1 Å². The molecule has 1 heteroatoms. The SMILES string of the molecule is C=CCC(C)c1ccc(-c2ccc(O)cc2)cc1. The Morgan fingerprint density at radius 1 is 1.00 bits per heavy atom. The van der Waals surface area contributed by atoms with Gasteiger partial charge in [0.25, 0.3) is 0 Å². The first-order valence-corrected chi connectivity index (χ1v) is 6.21. The average Bonchev–Trinajstić information content (AvgIpc) is 2.40. The van der Waals surface area contributed by atoms with Gasteiger partial charge in [-0.2, -0.15) is 0 Å². The summed E-state index contributed by atoms with van der Waals surface area (Å²) >= 11 is 0. The third-order valence-corrected chi connectivity index (χ3v) is 3.20. The number of hydrogen-bond acceptors (Lipinski definition) is 1. The average molecular weight is 238 g/mol. The summed E-state index contributed by atoms with van der Waals surface area (Å²) in [5.41, 5.74) is 3.62. The molecule has 0 aliphatic rings. The highest BCUT2D eigenvalue weighted by atomic mass is 16.3. The van der Waals surface area contributed by atoms with Gasteiger partial charge in [-0.1, -0.05) is 49.4 Å². The van der Waals surface area contributed by atoms with E-state index < -0.39 is 0 Å². The lowest BCUT2D eigenvalue weighted by molar-refractivity contribution is 0.475. The smallest absolute Gasteiger partial charge is 0.115 e. The van der Waals surface area contributed by atoms with Gasteiger partial charge in [0, 0.05) is 0 Å². The minimum absolute atomic E-state index is 0.301. The number of allylic oxidation sites excluding steroid dienone is 1. The monoisotopic (exact) mass is 238 g/mol. The largest absolute Gasteiger partial charge is 0.508 e. The van der Waals surface area contributed by atoms with Crippen LogP contribution in [0.1, 0.15) is 24.8 Å². The molecule has 2 aromatic rings. The molecule has 0 saturated heterocycles. The predicted molar refractivity (Wildman–Crippen MR) is 76.8 cm³/mol. The molecule has 0 amide bonds. The van der Waals surface area contributed by atoms with Gasteiger partial charge < -0.3 is 5.11 Å². The molecule has 0 heterocycles. The summed E-state index contributed by atoms with van der Waals surface area (Å²) in [7, 11) is 0. The number of rotatable bonds is 4. The summed E-state index contributed by atoms with van der Waals surface area (Å²) < 4.78 is 0. The van der Waals surface area contributed by atoms with Gasteiger partial charge >= 0.3 is 0 Å². The molecular weight excluding hydrogens is 220 g/mol. The maximum atomic E-state index is 9.27. The standard InChI is InChI=1S/C17H18O/c1-3-4-13(2)14-5-7-15(8-6-14)16-9-11-17(18)12-10-16/h3,5-13,18H,1,4H2,2H3. The Labute approximate surface area is 108 Å². The van der Waals surface area contributed by atoms with Gasteiger partial charge in [0.15, 0.2) is 0 Å². The van der Waals surface area contributed by atoms with E-state index in [1.807, 2.05) is 18.2 Å². The summed E-state index contributed by atoms with van der Waals surface area (Å²) in [4.78, 5) is 0. The summed E-state index contributed by atoms with van der Waals surface area (Å²) in [6.45, 7) is 5.98. The maximum absolute atomic E-state index is 9.27. The lowest BCUT2D eigenvalue weighted by Crippen LogP contribution is -1.91. The van der Waals surface area contributed by atoms with E-state index in [0.717, 1.165) is 12.0 Å². The Morgan fingerprint density at radius 3 is 2.00 bits per heavy atom. The molecule has 0 saturated carbocycles. The van der Waals surface area contributed by atoms with Gasteiger partial charge in [-0.05, 0) is 41.2 Å². The zero-order chi connectivity index (χ0) is 13.0. The van der Waals surface area contributed by atoms with Crippen LogP contribution in [-0.2, 0) is 0 Å². The molecule has 0 aromatic heterocycles. The van der Waals surface area contributed by atoms with Crippen molar-refractivity contribution in [3.8, 4) is 16.9 Å². The first kappa shape index (κ1) is 12.4. The van der Waals surface area contributed by atoms with E-state index in [1.165, 1.54) is 11.1 Å². The Hall–Kier alpha value is -2.02. The fourth-order valence-corrected chi connectivity index (χ4v) is 2.04. The van der Waals surface area contributed by atoms with Crippen molar-refractivity contribution >= 4 is 0 Å². The van der Waals surface area contributed by atoms with E-state index in [0.29, 0.717) is 11.7 Å². The molecule has 0 bridgehead atoms.